The molecule has 0 saturated carbocycles. The van der Waals surface area contributed by atoms with Crippen molar-refractivity contribution in [3.8, 4) is 0 Å². The maximum atomic E-state index is 12.1. The molecule has 5 nitrogen and oxygen atoms in total. The maximum absolute atomic E-state index is 12.1. The lowest BCUT2D eigenvalue weighted by Crippen LogP contribution is -2.35. The minimum atomic E-state index is -0.549. The first kappa shape index (κ1) is 14.1. The molecular weight excluding hydrogens is 268 g/mol. The molecule has 0 spiro atoms. The van der Waals surface area contributed by atoms with Crippen LogP contribution in [-0.2, 0) is 20.7 Å². The van der Waals surface area contributed by atoms with Gasteiger partial charge in [-0.05, 0) is 25.5 Å². The summed E-state index contributed by atoms with van der Waals surface area (Å²) >= 11 is 0. The predicted octanol–water partition coefficient (Wildman–Crippen LogP) is 1.98. The Hall–Kier alpha value is -1.85. The summed E-state index contributed by atoms with van der Waals surface area (Å²) < 4.78 is 11.1. The number of hydrogen-bond donors (Lipinski definition) is 2. The number of carbonyl (C=O) groups is 1. The Bertz CT molecular complexity index is 648. The van der Waals surface area contributed by atoms with Crippen LogP contribution < -0.4 is 5.32 Å². The van der Waals surface area contributed by atoms with E-state index in [9.17, 15) is 4.79 Å². The average molecular weight is 288 g/mol. The minimum absolute atomic E-state index is 0.00643. The second kappa shape index (κ2) is 5.50. The molecule has 1 fully saturated rings. The number of rotatable bonds is 4. The van der Waals surface area contributed by atoms with E-state index in [4.69, 9.17) is 9.47 Å². The molecule has 1 aliphatic heterocycles. The Labute approximate surface area is 123 Å². The molecule has 0 aliphatic carbocycles. The van der Waals surface area contributed by atoms with Gasteiger partial charge in [0.25, 0.3) is 0 Å². The third-order valence-corrected chi connectivity index (χ3v) is 3.62. The van der Waals surface area contributed by atoms with Gasteiger partial charge in [-0.3, -0.25) is 4.79 Å². The predicted molar refractivity (Wildman–Crippen MR) is 79.9 cm³/mol. The molecule has 1 aromatic heterocycles. The van der Waals surface area contributed by atoms with E-state index in [1.165, 1.54) is 0 Å². The van der Waals surface area contributed by atoms with Crippen molar-refractivity contribution in [2.45, 2.75) is 32.2 Å². The van der Waals surface area contributed by atoms with Crippen molar-refractivity contribution in [2.75, 3.05) is 13.2 Å². The number of ether oxygens (including phenoxy) is 2. The molecule has 1 atom stereocenters. The summed E-state index contributed by atoms with van der Waals surface area (Å²) in [5.74, 6) is -0.556. The SMILES string of the molecule is CC1(C)OCC(CNC(=O)Cc2c[nH]c3ccccc23)O1. The number of hydrogen-bond acceptors (Lipinski definition) is 3. The number of para-hydroxylation sites is 1. The highest BCUT2D eigenvalue weighted by molar-refractivity contribution is 5.88. The Morgan fingerprint density at radius 2 is 2.24 bits per heavy atom. The summed E-state index contributed by atoms with van der Waals surface area (Å²) in [5, 5.41) is 4.00. The van der Waals surface area contributed by atoms with Gasteiger partial charge in [0, 0.05) is 23.6 Å². The van der Waals surface area contributed by atoms with Crippen molar-refractivity contribution >= 4 is 16.8 Å². The summed E-state index contributed by atoms with van der Waals surface area (Å²) in [6, 6.07) is 7.97. The molecule has 1 aliphatic rings. The van der Waals surface area contributed by atoms with Crippen LogP contribution in [0, 0.1) is 0 Å². The number of benzene rings is 1. The summed E-state index contributed by atoms with van der Waals surface area (Å²) in [5.41, 5.74) is 2.06. The van der Waals surface area contributed by atoms with Crippen LogP contribution >= 0.6 is 0 Å². The number of nitrogens with one attached hydrogen (secondary N) is 2. The smallest absolute Gasteiger partial charge is 0.224 e. The second-order valence-corrected chi connectivity index (χ2v) is 5.79. The van der Waals surface area contributed by atoms with Gasteiger partial charge >= 0.3 is 0 Å². The fourth-order valence-corrected chi connectivity index (χ4v) is 2.60. The molecule has 1 unspecified atom stereocenters. The minimum Gasteiger partial charge on any atom is -0.361 e. The number of H-pyrrole nitrogens is 1. The molecule has 5 heteroatoms. The van der Waals surface area contributed by atoms with Crippen molar-refractivity contribution in [3.05, 3.63) is 36.0 Å². The van der Waals surface area contributed by atoms with Crippen LogP contribution in [0.3, 0.4) is 0 Å². The second-order valence-electron chi connectivity index (χ2n) is 5.79. The van der Waals surface area contributed by atoms with Crippen molar-refractivity contribution in [1.82, 2.24) is 10.3 Å². The van der Waals surface area contributed by atoms with Gasteiger partial charge < -0.3 is 19.8 Å². The summed E-state index contributed by atoms with van der Waals surface area (Å²) in [6.45, 7) is 4.74. The van der Waals surface area contributed by atoms with E-state index in [1.807, 2.05) is 44.3 Å². The molecule has 3 rings (SSSR count). The van der Waals surface area contributed by atoms with E-state index < -0.39 is 5.79 Å². The van der Waals surface area contributed by atoms with Crippen LogP contribution in [0.4, 0.5) is 0 Å². The molecule has 1 amide bonds. The lowest BCUT2D eigenvalue weighted by Gasteiger charge is -2.17. The van der Waals surface area contributed by atoms with E-state index in [1.54, 1.807) is 0 Å². The maximum Gasteiger partial charge on any atom is 0.224 e. The van der Waals surface area contributed by atoms with Crippen LogP contribution in [0.15, 0.2) is 30.5 Å². The molecule has 2 N–H and O–H groups in total. The summed E-state index contributed by atoms with van der Waals surface area (Å²) in [6.07, 6.45) is 2.18. The fraction of sp³-hybridized carbons (Fsp3) is 0.438. The first-order chi connectivity index (χ1) is 10.0. The Balaban J connectivity index is 1.55. The van der Waals surface area contributed by atoms with Gasteiger partial charge in [-0.1, -0.05) is 18.2 Å². The van der Waals surface area contributed by atoms with Gasteiger partial charge in [0.1, 0.15) is 6.10 Å². The van der Waals surface area contributed by atoms with E-state index in [-0.39, 0.29) is 12.0 Å². The number of fused-ring (bicyclic) bond motifs is 1. The van der Waals surface area contributed by atoms with Crippen LogP contribution in [0.25, 0.3) is 10.9 Å². The average Bonchev–Trinajstić information content (AvgIpc) is 3.01. The zero-order chi connectivity index (χ0) is 14.9. The van der Waals surface area contributed by atoms with E-state index in [0.29, 0.717) is 19.6 Å². The standard InChI is InChI=1S/C16H20N2O3/c1-16(2)20-10-12(21-16)9-18-15(19)7-11-8-17-14-6-4-3-5-13(11)14/h3-6,8,12,17H,7,9-10H2,1-2H3,(H,18,19). The van der Waals surface area contributed by atoms with Crippen molar-refractivity contribution in [1.29, 1.82) is 0 Å². The Morgan fingerprint density at radius 3 is 3.00 bits per heavy atom. The van der Waals surface area contributed by atoms with E-state index in [2.05, 4.69) is 10.3 Å². The fourth-order valence-electron chi connectivity index (χ4n) is 2.60. The topological polar surface area (TPSA) is 63.3 Å². The van der Waals surface area contributed by atoms with Crippen LogP contribution in [0.2, 0.25) is 0 Å². The third kappa shape index (κ3) is 3.25. The molecule has 2 aromatic rings. The van der Waals surface area contributed by atoms with Gasteiger partial charge in [0.2, 0.25) is 5.91 Å². The van der Waals surface area contributed by atoms with Gasteiger partial charge in [-0.2, -0.15) is 0 Å². The molecule has 1 saturated heterocycles. The van der Waals surface area contributed by atoms with Crippen molar-refractivity contribution in [3.63, 3.8) is 0 Å². The van der Waals surface area contributed by atoms with Gasteiger partial charge in [0.15, 0.2) is 5.79 Å². The Morgan fingerprint density at radius 1 is 1.43 bits per heavy atom. The molecule has 0 radical (unpaired) electrons. The molecule has 0 bridgehead atoms. The van der Waals surface area contributed by atoms with Crippen LogP contribution in [0.1, 0.15) is 19.4 Å². The normalized spacial score (nSPS) is 20.8. The number of aromatic amines is 1. The van der Waals surface area contributed by atoms with E-state index >= 15 is 0 Å². The van der Waals surface area contributed by atoms with E-state index in [0.717, 1.165) is 16.5 Å². The molecule has 21 heavy (non-hydrogen) atoms. The molecule has 2 heterocycles. The lowest BCUT2D eigenvalue weighted by molar-refractivity contribution is -0.139. The monoisotopic (exact) mass is 288 g/mol. The zero-order valence-electron chi connectivity index (χ0n) is 12.3. The molecule has 112 valence electrons. The van der Waals surface area contributed by atoms with Crippen molar-refractivity contribution in [2.24, 2.45) is 0 Å². The van der Waals surface area contributed by atoms with Crippen LogP contribution in [-0.4, -0.2) is 35.9 Å². The Kier molecular flexibility index (Phi) is 3.69. The zero-order valence-corrected chi connectivity index (χ0v) is 12.3. The first-order valence-electron chi connectivity index (χ1n) is 7.17. The molecule has 1 aromatic carbocycles. The van der Waals surface area contributed by atoms with Crippen LogP contribution in [0.5, 0.6) is 0 Å². The number of amides is 1. The van der Waals surface area contributed by atoms with Gasteiger partial charge in [0.05, 0.1) is 13.0 Å². The third-order valence-electron chi connectivity index (χ3n) is 3.62. The largest absolute Gasteiger partial charge is 0.361 e. The van der Waals surface area contributed by atoms with Gasteiger partial charge in [-0.15, -0.1) is 0 Å². The highest BCUT2D eigenvalue weighted by atomic mass is 16.7. The van der Waals surface area contributed by atoms with Gasteiger partial charge in [-0.25, -0.2) is 0 Å². The summed E-state index contributed by atoms with van der Waals surface area (Å²) in [4.78, 5) is 15.2. The van der Waals surface area contributed by atoms with Crippen molar-refractivity contribution < 1.29 is 14.3 Å². The summed E-state index contributed by atoms with van der Waals surface area (Å²) in [7, 11) is 0. The highest BCUT2D eigenvalue weighted by Crippen LogP contribution is 2.22. The molecular formula is C16H20N2O3. The first-order valence-corrected chi connectivity index (χ1v) is 7.17. The lowest BCUT2D eigenvalue weighted by atomic mass is 10.1. The number of carbonyl (C=O) groups excluding carboxylic acids is 1. The number of aromatic nitrogens is 1. The highest BCUT2D eigenvalue weighted by Gasteiger charge is 2.32. The quantitative estimate of drug-likeness (QED) is 0.904.